The van der Waals surface area contributed by atoms with E-state index in [1.807, 2.05) is 36.4 Å². The quantitative estimate of drug-likeness (QED) is 0.549. The number of nitrogens with two attached hydrogens (primary N) is 1. The molecule has 0 heterocycles. The number of amides is 2. The number of carbonyl (C=O) groups is 2. The molecule has 0 unspecified atom stereocenters. The van der Waals surface area contributed by atoms with E-state index >= 15 is 0 Å². The minimum atomic E-state index is -0.490. The predicted molar refractivity (Wildman–Crippen MR) is 118 cm³/mol. The molecule has 0 atom stereocenters. The van der Waals surface area contributed by atoms with Gasteiger partial charge in [0.15, 0.2) is 0 Å². The Labute approximate surface area is 181 Å². The van der Waals surface area contributed by atoms with Crippen LogP contribution in [0.4, 0.5) is 4.79 Å². The number of carbonyl (C=O) groups excluding carboxylic acids is 2. The van der Waals surface area contributed by atoms with Crippen LogP contribution >= 0.6 is 0 Å². The average Bonchev–Trinajstić information content (AvgIpc) is 3.10. The van der Waals surface area contributed by atoms with Gasteiger partial charge >= 0.3 is 6.09 Å². The van der Waals surface area contributed by atoms with Crippen molar-refractivity contribution in [2.75, 3.05) is 19.8 Å². The summed E-state index contributed by atoms with van der Waals surface area (Å²) in [5.74, 6) is 0.179. The Morgan fingerprint density at radius 3 is 2.16 bits per heavy atom. The molecule has 4 rings (SSSR count). The van der Waals surface area contributed by atoms with Crippen LogP contribution < -0.4 is 15.8 Å². The van der Waals surface area contributed by atoms with Gasteiger partial charge in [0.05, 0.1) is 13.0 Å². The van der Waals surface area contributed by atoms with Gasteiger partial charge in [-0.25, -0.2) is 4.79 Å². The van der Waals surface area contributed by atoms with Crippen molar-refractivity contribution in [3.05, 3.63) is 89.5 Å². The molecule has 1 aliphatic carbocycles. The van der Waals surface area contributed by atoms with Gasteiger partial charge in [-0.15, -0.1) is 0 Å². The highest BCUT2D eigenvalue weighted by atomic mass is 16.5. The lowest BCUT2D eigenvalue weighted by molar-refractivity contribution is -0.117. The van der Waals surface area contributed by atoms with E-state index in [1.54, 1.807) is 12.1 Å². The van der Waals surface area contributed by atoms with Crippen LogP contribution in [-0.2, 0) is 16.0 Å². The third-order valence-corrected chi connectivity index (χ3v) is 5.31. The molecule has 0 aliphatic heterocycles. The first-order valence-electron chi connectivity index (χ1n) is 10.2. The van der Waals surface area contributed by atoms with E-state index < -0.39 is 12.0 Å². The van der Waals surface area contributed by atoms with E-state index in [4.69, 9.17) is 15.2 Å². The minimum Gasteiger partial charge on any atom is -0.491 e. The first-order chi connectivity index (χ1) is 15.1. The van der Waals surface area contributed by atoms with Gasteiger partial charge in [0, 0.05) is 11.5 Å². The lowest BCUT2D eigenvalue weighted by atomic mass is 9.98. The molecule has 0 spiro atoms. The molecule has 6 heteroatoms. The van der Waals surface area contributed by atoms with Crippen LogP contribution in [0.2, 0.25) is 0 Å². The summed E-state index contributed by atoms with van der Waals surface area (Å²) in [6, 6.07) is 23.6. The summed E-state index contributed by atoms with van der Waals surface area (Å²) in [5, 5.41) is 2.71. The number of hydrogen-bond donors (Lipinski definition) is 2. The van der Waals surface area contributed by atoms with Crippen molar-refractivity contribution in [1.29, 1.82) is 0 Å². The van der Waals surface area contributed by atoms with Gasteiger partial charge in [-0.2, -0.15) is 0 Å². The van der Waals surface area contributed by atoms with Crippen molar-refractivity contribution in [2.45, 2.75) is 12.3 Å². The Balaban J connectivity index is 1.28. The number of rotatable bonds is 8. The van der Waals surface area contributed by atoms with Gasteiger partial charge in [-0.1, -0.05) is 66.7 Å². The zero-order valence-corrected chi connectivity index (χ0v) is 17.0. The molecular formula is C25H24N2O4. The lowest BCUT2D eigenvalue weighted by Crippen LogP contribution is -2.30. The maximum absolute atomic E-state index is 12.2. The van der Waals surface area contributed by atoms with Crippen molar-refractivity contribution < 1.29 is 19.1 Å². The van der Waals surface area contributed by atoms with E-state index in [9.17, 15) is 9.59 Å². The summed E-state index contributed by atoms with van der Waals surface area (Å²) in [7, 11) is 0. The van der Waals surface area contributed by atoms with Crippen LogP contribution in [0, 0.1) is 0 Å². The second-order valence-electron chi connectivity index (χ2n) is 7.35. The zero-order chi connectivity index (χ0) is 21.6. The van der Waals surface area contributed by atoms with Crippen molar-refractivity contribution in [2.24, 2.45) is 5.73 Å². The molecule has 0 fully saturated rings. The number of alkyl carbamates (subject to hydrolysis) is 1. The summed E-state index contributed by atoms with van der Waals surface area (Å²) in [4.78, 5) is 23.4. The smallest absolute Gasteiger partial charge is 0.407 e. The summed E-state index contributed by atoms with van der Waals surface area (Å²) in [6.07, 6.45) is -0.383. The van der Waals surface area contributed by atoms with Crippen molar-refractivity contribution >= 4 is 12.0 Å². The van der Waals surface area contributed by atoms with E-state index in [-0.39, 0.29) is 32.1 Å². The Kier molecular flexibility index (Phi) is 6.17. The Bertz CT molecular complexity index is 1050. The molecule has 1 aliphatic rings. The number of ether oxygens (including phenoxy) is 2. The Morgan fingerprint density at radius 1 is 0.871 bits per heavy atom. The fraction of sp³-hybridized carbons (Fsp3) is 0.200. The molecule has 0 saturated carbocycles. The van der Waals surface area contributed by atoms with Crippen molar-refractivity contribution in [3.8, 4) is 16.9 Å². The van der Waals surface area contributed by atoms with Crippen LogP contribution in [0.5, 0.6) is 5.75 Å². The summed E-state index contributed by atoms with van der Waals surface area (Å²) >= 11 is 0. The molecule has 6 nitrogen and oxygen atoms in total. The second kappa shape index (κ2) is 9.34. The highest BCUT2D eigenvalue weighted by Gasteiger charge is 2.28. The topological polar surface area (TPSA) is 90.7 Å². The Hall–Kier alpha value is -3.80. The maximum atomic E-state index is 12.2. The zero-order valence-electron chi connectivity index (χ0n) is 17.0. The van der Waals surface area contributed by atoms with Crippen LogP contribution in [-0.4, -0.2) is 31.8 Å². The SMILES string of the molecule is NC(=O)Cc1ccccc1OCCNC(=O)OCC1c2ccccc2-c2ccccc21. The van der Waals surface area contributed by atoms with Crippen LogP contribution in [0.1, 0.15) is 22.6 Å². The molecule has 31 heavy (non-hydrogen) atoms. The first kappa shape index (κ1) is 20.5. The monoisotopic (exact) mass is 416 g/mol. The van der Waals surface area contributed by atoms with Crippen LogP contribution in [0.3, 0.4) is 0 Å². The predicted octanol–water partition coefficient (Wildman–Crippen LogP) is 3.63. The standard InChI is InChI=1S/C25H24N2O4/c26-24(28)15-17-7-1-6-12-23(17)30-14-13-27-25(29)31-16-22-20-10-4-2-8-18(20)19-9-3-5-11-21(19)22/h1-12,22H,13-16H2,(H2,26,28)(H,27,29). The highest BCUT2D eigenvalue weighted by Crippen LogP contribution is 2.44. The fourth-order valence-corrected chi connectivity index (χ4v) is 3.94. The van der Waals surface area contributed by atoms with E-state index in [0.29, 0.717) is 5.75 Å². The molecule has 158 valence electrons. The molecule has 3 aromatic carbocycles. The maximum Gasteiger partial charge on any atom is 0.407 e. The molecular weight excluding hydrogens is 392 g/mol. The largest absolute Gasteiger partial charge is 0.491 e. The van der Waals surface area contributed by atoms with Crippen LogP contribution in [0.25, 0.3) is 11.1 Å². The molecule has 3 N–H and O–H groups in total. The third kappa shape index (κ3) is 4.69. The summed E-state index contributed by atoms with van der Waals surface area (Å²) in [6.45, 7) is 0.795. The van der Waals surface area contributed by atoms with E-state index in [0.717, 1.165) is 5.56 Å². The molecule has 0 aromatic heterocycles. The van der Waals surface area contributed by atoms with Gasteiger partial charge in [-0.3, -0.25) is 4.79 Å². The normalized spacial score (nSPS) is 12.0. The molecule has 0 bridgehead atoms. The number of hydrogen-bond acceptors (Lipinski definition) is 4. The average molecular weight is 416 g/mol. The number of para-hydroxylation sites is 1. The Morgan fingerprint density at radius 2 is 1.48 bits per heavy atom. The van der Waals surface area contributed by atoms with Gasteiger partial charge in [0.1, 0.15) is 19.0 Å². The van der Waals surface area contributed by atoms with Gasteiger partial charge in [-0.05, 0) is 28.3 Å². The highest BCUT2D eigenvalue weighted by molar-refractivity contribution is 5.79. The van der Waals surface area contributed by atoms with E-state index in [2.05, 4.69) is 29.6 Å². The first-order valence-corrected chi connectivity index (χ1v) is 10.2. The van der Waals surface area contributed by atoms with Gasteiger partial charge in [0.25, 0.3) is 0 Å². The molecule has 0 radical (unpaired) electrons. The van der Waals surface area contributed by atoms with Gasteiger partial charge in [0.2, 0.25) is 5.91 Å². The number of fused-ring (bicyclic) bond motifs is 3. The fourth-order valence-electron chi connectivity index (χ4n) is 3.94. The molecule has 3 aromatic rings. The summed E-state index contributed by atoms with van der Waals surface area (Å²) < 4.78 is 11.2. The second-order valence-corrected chi connectivity index (χ2v) is 7.35. The van der Waals surface area contributed by atoms with Gasteiger partial charge < -0.3 is 20.5 Å². The number of nitrogens with one attached hydrogen (secondary N) is 1. The van der Waals surface area contributed by atoms with E-state index in [1.165, 1.54) is 22.3 Å². The lowest BCUT2D eigenvalue weighted by Gasteiger charge is -2.15. The minimum absolute atomic E-state index is 0.0232. The molecule has 0 saturated heterocycles. The number of primary amides is 1. The van der Waals surface area contributed by atoms with Crippen LogP contribution in [0.15, 0.2) is 72.8 Å². The number of benzene rings is 3. The summed E-state index contributed by atoms with van der Waals surface area (Å²) in [5.41, 5.74) is 10.7. The third-order valence-electron chi connectivity index (χ3n) is 5.31. The van der Waals surface area contributed by atoms with Crippen molar-refractivity contribution in [1.82, 2.24) is 5.32 Å². The molecule has 2 amide bonds. The van der Waals surface area contributed by atoms with Crippen molar-refractivity contribution in [3.63, 3.8) is 0 Å².